The highest BCUT2D eigenvalue weighted by Crippen LogP contribution is 2.17. The number of benzene rings is 1. The highest BCUT2D eigenvalue weighted by molar-refractivity contribution is 8.02. The highest BCUT2D eigenvalue weighted by atomic mass is 32.2. The number of aryl methyl sites for hydroxylation is 1. The zero-order chi connectivity index (χ0) is 22.6. The van der Waals surface area contributed by atoms with E-state index in [4.69, 9.17) is 10.2 Å². The Balaban J connectivity index is 0.000000323. The normalized spacial score (nSPS) is 11.5. The second kappa shape index (κ2) is 12.4. The van der Waals surface area contributed by atoms with Crippen LogP contribution in [-0.4, -0.2) is 39.7 Å². The lowest BCUT2D eigenvalue weighted by molar-refractivity contribution is 0.102. The first kappa shape index (κ1) is 23.9. The number of nitrogens with zero attached hydrogens (tertiary/aromatic N) is 4. The largest absolute Gasteiger partial charge is 0.421 e. The fourth-order valence-corrected chi connectivity index (χ4v) is 2.53. The van der Waals surface area contributed by atoms with Gasteiger partial charge < -0.3 is 15.5 Å². The first-order chi connectivity index (χ1) is 14.9. The molecule has 1 amide bonds. The van der Waals surface area contributed by atoms with Crippen molar-refractivity contribution >= 4 is 30.1 Å². The zero-order valence-corrected chi connectivity index (χ0v) is 18.0. The molecule has 0 spiro atoms. The fraction of sp³-hybridized carbons (Fsp3) is 0.190. The summed E-state index contributed by atoms with van der Waals surface area (Å²) in [5.41, 5.74) is 6.56. The van der Waals surface area contributed by atoms with Crippen LogP contribution in [-0.2, 0) is 0 Å². The van der Waals surface area contributed by atoms with Gasteiger partial charge in [-0.05, 0) is 55.4 Å². The Hall–Kier alpha value is -3.37. The summed E-state index contributed by atoms with van der Waals surface area (Å²) < 4.78 is 18.1. The number of carbonyl (C=O) groups is 1. The Morgan fingerprint density at radius 2 is 2.06 bits per heavy atom. The van der Waals surface area contributed by atoms with Gasteiger partial charge in [0.25, 0.3) is 5.91 Å². The molecule has 3 N–H and O–H groups in total. The monoisotopic (exact) mass is 442 g/mol. The molecule has 0 aliphatic heterocycles. The summed E-state index contributed by atoms with van der Waals surface area (Å²) in [6.45, 7) is 7.06. The van der Waals surface area contributed by atoms with Crippen molar-refractivity contribution in [2.45, 2.75) is 19.9 Å². The topological polar surface area (TPSA) is 119 Å². The second-order valence-corrected chi connectivity index (χ2v) is 7.04. The lowest BCUT2D eigenvalue weighted by atomic mass is 10.2. The lowest BCUT2D eigenvalue weighted by Gasteiger charge is -2.04. The quantitative estimate of drug-likeness (QED) is 0.418. The molecule has 1 aromatic carbocycles. The molecule has 0 fully saturated rings. The van der Waals surface area contributed by atoms with Gasteiger partial charge in [-0.3, -0.25) is 14.8 Å². The van der Waals surface area contributed by atoms with Crippen LogP contribution in [0.4, 0.5) is 10.1 Å². The van der Waals surface area contributed by atoms with Crippen molar-refractivity contribution in [2.75, 3.05) is 11.2 Å². The first-order valence-corrected chi connectivity index (χ1v) is 10.3. The van der Waals surface area contributed by atoms with Crippen molar-refractivity contribution in [3.8, 4) is 11.5 Å². The summed E-state index contributed by atoms with van der Waals surface area (Å²) in [6, 6.07) is 8.91. The number of aliphatic imine (C=N–C) groups is 1. The molecule has 2 aromatic heterocycles. The molecule has 1 unspecified atom stereocenters. The summed E-state index contributed by atoms with van der Waals surface area (Å²) in [5.74, 6) is 0.666. The van der Waals surface area contributed by atoms with E-state index in [1.807, 2.05) is 18.4 Å². The predicted octanol–water partition coefficient (Wildman–Crippen LogP) is 4.07. The standard InChI is InChI=1S/C15H11FN4O2.C6H12N2S/c1-9-19-20-15(22-9)10-2-7-13(17-8-10)14(21)18-12-5-3-11(16)4-6-12;1-6(8-2)3-4-9-5-7/h2-8H,1H3,(H,18,21);3-4,6H,2,5,7H2,1H3/b;4-3-. The van der Waals surface area contributed by atoms with Crippen LogP contribution in [0.1, 0.15) is 23.3 Å². The third-order valence-electron chi connectivity index (χ3n) is 3.71. The lowest BCUT2D eigenvalue weighted by Crippen LogP contribution is -2.13. The molecule has 10 heteroatoms. The molecule has 162 valence electrons. The average Bonchev–Trinajstić information content (AvgIpc) is 3.22. The summed E-state index contributed by atoms with van der Waals surface area (Å²) in [6.07, 6.45) is 3.44. The number of hydrogen-bond donors (Lipinski definition) is 2. The van der Waals surface area contributed by atoms with Gasteiger partial charge in [0.05, 0.1) is 11.6 Å². The first-order valence-electron chi connectivity index (χ1n) is 9.20. The minimum Gasteiger partial charge on any atom is -0.421 e. The molecule has 1 atom stereocenters. The number of halogens is 1. The van der Waals surface area contributed by atoms with Gasteiger partial charge in [-0.25, -0.2) is 4.39 Å². The van der Waals surface area contributed by atoms with Crippen LogP contribution >= 0.6 is 11.8 Å². The van der Waals surface area contributed by atoms with E-state index in [0.29, 0.717) is 28.9 Å². The predicted molar refractivity (Wildman–Crippen MR) is 121 cm³/mol. The van der Waals surface area contributed by atoms with Crippen LogP contribution in [0.3, 0.4) is 0 Å². The van der Waals surface area contributed by atoms with E-state index in [0.717, 1.165) is 0 Å². The molecule has 0 aliphatic carbocycles. The van der Waals surface area contributed by atoms with Gasteiger partial charge in [0.1, 0.15) is 11.5 Å². The number of aromatic nitrogens is 3. The molecule has 3 aromatic rings. The van der Waals surface area contributed by atoms with Crippen molar-refractivity contribution in [2.24, 2.45) is 10.7 Å². The summed E-state index contributed by atoms with van der Waals surface area (Å²) in [4.78, 5) is 19.9. The molecule has 0 aliphatic rings. The number of anilines is 1. The van der Waals surface area contributed by atoms with Crippen LogP contribution in [0.15, 0.2) is 63.5 Å². The number of hydrogen-bond acceptors (Lipinski definition) is 8. The van der Waals surface area contributed by atoms with Crippen LogP contribution < -0.4 is 11.1 Å². The van der Waals surface area contributed by atoms with E-state index >= 15 is 0 Å². The Morgan fingerprint density at radius 1 is 1.32 bits per heavy atom. The summed E-state index contributed by atoms with van der Waals surface area (Å²) in [7, 11) is 0. The van der Waals surface area contributed by atoms with E-state index in [2.05, 4.69) is 32.2 Å². The summed E-state index contributed by atoms with van der Waals surface area (Å²) >= 11 is 1.56. The zero-order valence-electron chi connectivity index (χ0n) is 17.2. The Labute approximate surface area is 183 Å². The number of nitrogens with two attached hydrogens (primary N) is 1. The minimum atomic E-state index is -0.389. The molecule has 2 heterocycles. The van der Waals surface area contributed by atoms with E-state index in [9.17, 15) is 9.18 Å². The smallest absolute Gasteiger partial charge is 0.274 e. The minimum absolute atomic E-state index is 0.212. The molecule has 3 rings (SSSR count). The van der Waals surface area contributed by atoms with E-state index in [-0.39, 0.29) is 23.5 Å². The second-order valence-electron chi connectivity index (χ2n) is 6.10. The van der Waals surface area contributed by atoms with E-state index in [1.54, 1.807) is 30.8 Å². The fourth-order valence-electron chi connectivity index (χ4n) is 2.08. The van der Waals surface area contributed by atoms with E-state index < -0.39 is 0 Å². The molecular formula is C21H23FN6O2S. The number of thioether (sulfide) groups is 1. The van der Waals surface area contributed by atoms with Gasteiger partial charge in [0.2, 0.25) is 11.8 Å². The van der Waals surface area contributed by atoms with Crippen molar-refractivity contribution in [3.05, 3.63) is 71.5 Å². The number of pyridine rings is 1. The maximum Gasteiger partial charge on any atom is 0.274 e. The maximum absolute atomic E-state index is 12.8. The molecule has 0 saturated carbocycles. The Morgan fingerprint density at radius 3 is 2.61 bits per heavy atom. The molecule has 0 saturated heterocycles. The van der Waals surface area contributed by atoms with Crippen LogP contribution in [0.2, 0.25) is 0 Å². The maximum atomic E-state index is 12.8. The van der Waals surface area contributed by atoms with Gasteiger partial charge >= 0.3 is 0 Å². The van der Waals surface area contributed by atoms with Crippen molar-refractivity contribution in [1.82, 2.24) is 15.2 Å². The number of nitrogens with one attached hydrogen (secondary N) is 1. The van der Waals surface area contributed by atoms with Gasteiger partial charge in [0, 0.05) is 24.7 Å². The molecule has 31 heavy (non-hydrogen) atoms. The van der Waals surface area contributed by atoms with Gasteiger partial charge in [-0.15, -0.1) is 22.0 Å². The molecule has 0 bridgehead atoms. The molecule has 8 nitrogen and oxygen atoms in total. The number of carbonyl (C=O) groups excluding carboxylic acids is 1. The highest BCUT2D eigenvalue weighted by Gasteiger charge is 2.10. The van der Waals surface area contributed by atoms with Crippen molar-refractivity contribution in [3.63, 3.8) is 0 Å². The third kappa shape index (κ3) is 8.11. The Kier molecular flexibility index (Phi) is 9.53. The van der Waals surface area contributed by atoms with E-state index in [1.165, 1.54) is 30.5 Å². The van der Waals surface area contributed by atoms with Gasteiger partial charge in [-0.1, -0.05) is 6.08 Å². The average molecular weight is 443 g/mol. The van der Waals surface area contributed by atoms with Crippen LogP contribution in [0.25, 0.3) is 11.5 Å². The van der Waals surface area contributed by atoms with Crippen LogP contribution in [0, 0.1) is 12.7 Å². The SMILES string of the molecule is C=NC(C)/C=C\SCN.Cc1nnc(-c2ccc(C(=O)Nc3ccc(F)cc3)nc2)o1. The Bertz CT molecular complexity index is 1010. The number of amides is 1. The molecule has 0 radical (unpaired) electrons. The number of rotatable bonds is 7. The van der Waals surface area contributed by atoms with Crippen molar-refractivity contribution in [1.29, 1.82) is 0 Å². The summed E-state index contributed by atoms with van der Waals surface area (Å²) in [5, 5.41) is 12.2. The van der Waals surface area contributed by atoms with Gasteiger partial charge in [0.15, 0.2) is 0 Å². The van der Waals surface area contributed by atoms with Crippen molar-refractivity contribution < 1.29 is 13.6 Å². The van der Waals surface area contributed by atoms with Crippen LogP contribution in [0.5, 0.6) is 0 Å². The third-order valence-corrected chi connectivity index (χ3v) is 4.25. The van der Waals surface area contributed by atoms with Gasteiger partial charge in [-0.2, -0.15) is 0 Å². The molecular weight excluding hydrogens is 419 g/mol.